The molecule has 1 amide bonds. The van der Waals surface area contributed by atoms with Crippen molar-refractivity contribution in [3.63, 3.8) is 0 Å². The monoisotopic (exact) mass is 431 g/mol. The Hall–Kier alpha value is -2.93. The lowest BCUT2D eigenvalue weighted by molar-refractivity contribution is -0.114. The highest BCUT2D eigenvalue weighted by molar-refractivity contribution is 5.98. The first kappa shape index (κ1) is 19.7. The zero-order chi connectivity index (χ0) is 21.9. The highest BCUT2D eigenvalue weighted by Crippen LogP contribution is 2.47. The molecule has 1 spiro atoms. The normalized spacial score (nSPS) is 22.5. The summed E-state index contributed by atoms with van der Waals surface area (Å²) in [6.07, 6.45) is 8.83. The van der Waals surface area contributed by atoms with Gasteiger partial charge in [0.15, 0.2) is 0 Å². The summed E-state index contributed by atoms with van der Waals surface area (Å²) in [5, 5.41) is 3.84. The Morgan fingerprint density at radius 3 is 2.97 bits per heavy atom. The van der Waals surface area contributed by atoms with Gasteiger partial charge < -0.3 is 19.5 Å². The summed E-state index contributed by atoms with van der Waals surface area (Å²) in [6.45, 7) is 5.25. The summed E-state index contributed by atoms with van der Waals surface area (Å²) in [4.78, 5) is 23.8. The number of pyridine rings is 2. The number of anilines is 2. The fourth-order valence-electron chi connectivity index (χ4n) is 5.44. The van der Waals surface area contributed by atoms with Crippen LogP contribution in [0.2, 0.25) is 0 Å². The topological polar surface area (TPSA) is 72.3 Å². The average Bonchev–Trinajstić information content (AvgIpc) is 3.48. The average molecular weight is 432 g/mol. The summed E-state index contributed by atoms with van der Waals surface area (Å²) in [6, 6.07) is 6.35. The van der Waals surface area contributed by atoms with E-state index in [1.54, 1.807) is 0 Å². The number of ether oxygens (including phenoxy) is 1. The Morgan fingerprint density at radius 1 is 1.34 bits per heavy atom. The molecular formula is C25H29N5O2. The third-order valence-corrected chi connectivity index (χ3v) is 7.16. The highest BCUT2D eigenvalue weighted by Gasteiger charge is 2.46. The van der Waals surface area contributed by atoms with Gasteiger partial charge in [-0.05, 0) is 49.8 Å². The first-order valence-corrected chi connectivity index (χ1v) is 11.6. The van der Waals surface area contributed by atoms with E-state index in [2.05, 4.69) is 38.1 Å². The minimum Gasteiger partial charge on any atom is -0.380 e. The Balaban J connectivity index is 1.45. The minimum atomic E-state index is -0.125. The molecule has 1 unspecified atom stereocenters. The van der Waals surface area contributed by atoms with Crippen molar-refractivity contribution >= 4 is 28.3 Å². The quantitative estimate of drug-likeness (QED) is 0.679. The van der Waals surface area contributed by atoms with Gasteiger partial charge >= 0.3 is 0 Å². The van der Waals surface area contributed by atoms with Crippen molar-refractivity contribution in [1.29, 1.82) is 0 Å². The van der Waals surface area contributed by atoms with Crippen LogP contribution in [-0.2, 0) is 22.0 Å². The molecule has 3 aromatic heterocycles. The molecule has 1 N–H and O–H groups in total. The maximum Gasteiger partial charge on any atom is 0.222 e. The van der Waals surface area contributed by atoms with E-state index in [-0.39, 0.29) is 11.3 Å². The Kier molecular flexibility index (Phi) is 4.50. The van der Waals surface area contributed by atoms with E-state index in [1.807, 2.05) is 19.3 Å². The smallest absolute Gasteiger partial charge is 0.222 e. The molecule has 1 saturated carbocycles. The van der Waals surface area contributed by atoms with E-state index < -0.39 is 0 Å². The number of hydrogen-bond acceptors (Lipinski definition) is 5. The molecule has 3 aromatic rings. The molecule has 1 atom stereocenters. The second-order valence-corrected chi connectivity index (χ2v) is 9.75. The van der Waals surface area contributed by atoms with Gasteiger partial charge in [-0.3, -0.25) is 4.79 Å². The third kappa shape index (κ3) is 3.26. The van der Waals surface area contributed by atoms with Crippen molar-refractivity contribution in [2.45, 2.75) is 38.0 Å². The van der Waals surface area contributed by atoms with Gasteiger partial charge in [0.25, 0.3) is 0 Å². The fourth-order valence-corrected chi connectivity index (χ4v) is 5.44. The molecule has 1 aliphatic carbocycles. The molecule has 32 heavy (non-hydrogen) atoms. The largest absolute Gasteiger partial charge is 0.380 e. The van der Waals surface area contributed by atoms with Crippen LogP contribution in [0.25, 0.3) is 22.2 Å². The maximum atomic E-state index is 11.5. The van der Waals surface area contributed by atoms with Gasteiger partial charge in [0, 0.05) is 50.8 Å². The van der Waals surface area contributed by atoms with Crippen molar-refractivity contribution in [2.24, 2.45) is 13.0 Å². The van der Waals surface area contributed by atoms with Crippen molar-refractivity contribution < 1.29 is 9.53 Å². The number of aryl methyl sites for hydroxylation is 1. The zero-order valence-corrected chi connectivity index (χ0v) is 18.7. The van der Waals surface area contributed by atoms with E-state index in [0.717, 1.165) is 67.2 Å². The van der Waals surface area contributed by atoms with Crippen LogP contribution in [0.3, 0.4) is 0 Å². The van der Waals surface area contributed by atoms with Crippen LogP contribution >= 0.6 is 0 Å². The fraction of sp³-hybridized carbons (Fsp3) is 0.480. The van der Waals surface area contributed by atoms with Crippen LogP contribution in [0, 0.1) is 5.92 Å². The van der Waals surface area contributed by atoms with Crippen LogP contribution in [0.1, 0.15) is 38.3 Å². The number of aromatic nitrogens is 3. The molecule has 0 radical (unpaired) electrons. The Morgan fingerprint density at radius 2 is 2.22 bits per heavy atom. The number of nitrogens with one attached hydrogen (secondary N) is 1. The minimum absolute atomic E-state index is 0.00797. The maximum absolute atomic E-state index is 11.5. The second-order valence-electron chi connectivity index (χ2n) is 9.75. The summed E-state index contributed by atoms with van der Waals surface area (Å²) in [5.74, 6) is 1.27. The Labute approximate surface area is 187 Å². The first-order valence-electron chi connectivity index (χ1n) is 11.6. The van der Waals surface area contributed by atoms with Gasteiger partial charge in [-0.2, -0.15) is 0 Å². The molecule has 5 heterocycles. The third-order valence-electron chi connectivity index (χ3n) is 7.16. The lowest BCUT2D eigenvalue weighted by atomic mass is 9.80. The molecule has 3 aliphatic rings. The van der Waals surface area contributed by atoms with Gasteiger partial charge in [-0.1, -0.05) is 0 Å². The standard InChI is InChI=1S/C25H29N5O2/c1-16(31)27-23-10-18-19(13-29(2)22(18)11-26-23)20-6-7-21-24(28-20)25(8-3-9-32-15-25)14-30(21)12-17-4-5-17/h6-7,10-11,13,17H,3-5,8-9,12,14-15H2,1-2H3,(H,26,27,31). The second kappa shape index (κ2) is 7.30. The summed E-state index contributed by atoms with van der Waals surface area (Å²) in [7, 11) is 2.02. The molecule has 1 saturated heterocycles. The van der Waals surface area contributed by atoms with Gasteiger partial charge in [0.1, 0.15) is 5.82 Å². The summed E-state index contributed by atoms with van der Waals surface area (Å²) in [5.41, 5.74) is 5.52. The van der Waals surface area contributed by atoms with Gasteiger partial charge in [0.2, 0.25) is 5.91 Å². The number of carbonyl (C=O) groups excluding carboxylic acids is 1. The predicted octanol–water partition coefficient (Wildman–Crippen LogP) is 3.87. The molecule has 6 rings (SSSR count). The van der Waals surface area contributed by atoms with E-state index in [9.17, 15) is 4.79 Å². The number of hydrogen-bond donors (Lipinski definition) is 1. The van der Waals surface area contributed by atoms with Crippen molar-refractivity contribution in [3.8, 4) is 11.3 Å². The molecule has 2 fully saturated rings. The number of amides is 1. The first-order chi connectivity index (χ1) is 15.5. The molecule has 2 aliphatic heterocycles. The molecule has 7 heteroatoms. The van der Waals surface area contributed by atoms with E-state index in [4.69, 9.17) is 9.72 Å². The lowest BCUT2D eigenvalue weighted by Crippen LogP contribution is -2.41. The highest BCUT2D eigenvalue weighted by atomic mass is 16.5. The zero-order valence-electron chi connectivity index (χ0n) is 18.7. The number of fused-ring (bicyclic) bond motifs is 3. The molecule has 7 nitrogen and oxygen atoms in total. The van der Waals surface area contributed by atoms with Crippen molar-refractivity contribution in [2.75, 3.05) is 36.5 Å². The van der Waals surface area contributed by atoms with Gasteiger partial charge in [-0.15, -0.1) is 0 Å². The van der Waals surface area contributed by atoms with E-state index in [0.29, 0.717) is 5.82 Å². The van der Waals surface area contributed by atoms with Crippen molar-refractivity contribution in [1.82, 2.24) is 14.5 Å². The van der Waals surface area contributed by atoms with Gasteiger partial charge in [0.05, 0.1) is 40.8 Å². The summed E-state index contributed by atoms with van der Waals surface area (Å²) < 4.78 is 8.06. The van der Waals surface area contributed by atoms with Gasteiger partial charge in [-0.25, -0.2) is 9.97 Å². The summed E-state index contributed by atoms with van der Waals surface area (Å²) >= 11 is 0. The van der Waals surface area contributed by atoms with Crippen LogP contribution in [-0.4, -0.2) is 46.7 Å². The Bertz CT molecular complexity index is 1210. The van der Waals surface area contributed by atoms with Crippen molar-refractivity contribution in [3.05, 3.63) is 36.3 Å². The predicted molar refractivity (Wildman–Crippen MR) is 125 cm³/mol. The molecule has 0 bridgehead atoms. The molecule has 166 valence electrons. The van der Waals surface area contributed by atoms with Crippen LogP contribution in [0.5, 0.6) is 0 Å². The van der Waals surface area contributed by atoms with Crippen LogP contribution in [0.4, 0.5) is 11.5 Å². The number of carbonyl (C=O) groups is 1. The number of rotatable bonds is 4. The number of nitrogens with zero attached hydrogens (tertiary/aromatic N) is 4. The molecule has 0 aromatic carbocycles. The van der Waals surface area contributed by atoms with Crippen LogP contribution in [0.15, 0.2) is 30.6 Å². The lowest BCUT2D eigenvalue weighted by Gasteiger charge is -2.33. The SMILES string of the molecule is CC(=O)Nc1cc2c(-c3ccc4c(n3)C3(CCCOC3)CN4CC3CC3)cn(C)c2cn1. The van der Waals surface area contributed by atoms with E-state index in [1.165, 1.54) is 31.1 Å². The molecular weight excluding hydrogens is 402 g/mol. The van der Waals surface area contributed by atoms with Crippen LogP contribution < -0.4 is 10.2 Å². The van der Waals surface area contributed by atoms with E-state index >= 15 is 0 Å².